The first-order chi connectivity index (χ1) is 12.0. The summed E-state index contributed by atoms with van der Waals surface area (Å²) in [5.41, 5.74) is 2.19. The van der Waals surface area contributed by atoms with Gasteiger partial charge < -0.3 is 24.1 Å². The van der Waals surface area contributed by atoms with E-state index >= 15 is 0 Å². The first kappa shape index (κ1) is 17.4. The van der Waals surface area contributed by atoms with Gasteiger partial charge in [0, 0.05) is 11.1 Å². The summed E-state index contributed by atoms with van der Waals surface area (Å²) in [7, 11) is 3.06. The van der Waals surface area contributed by atoms with Gasteiger partial charge >= 0.3 is 0 Å². The van der Waals surface area contributed by atoms with Gasteiger partial charge in [-0.25, -0.2) is 0 Å². The standard InChI is InChI=1S/C19H17BrO5/c1-10-4-6-14-12(8-10)13(9-21)17(22)18(25-14)11-5-7-15(23-2)19(24-3)16(11)20/h4-9,13,22H,1-3H3. The van der Waals surface area contributed by atoms with Crippen molar-refractivity contribution in [3.8, 4) is 17.2 Å². The summed E-state index contributed by atoms with van der Waals surface area (Å²) in [5.74, 6) is 0.844. The summed E-state index contributed by atoms with van der Waals surface area (Å²) in [5, 5.41) is 10.7. The number of aliphatic hydroxyl groups is 1. The van der Waals surface area contributed by atoms with Crippen molar-refractivity contribution in [2.45, 2.75) is 12.8 Å². The molecular weight excluding hydrogens is 388 g/mol. The van der Waals surface area contributed by atoms with Crippen LogP contribution in [0.2, 0.25) is 0 Å². The molecule has 0 radical (unpaired) electrons. The third-order valence-corrected chi connectivity index (χ3v) is 4.89. The van der Waals surface area contributed by atoms with Crippen LogP contribution in [0.15, 0.2) is 40.6 Å². The normalized spacial score (nSPS) is 16.1. The van der Waals surface area contributed by atoms with Crippen LogP contribution in [0.25, 0.3) is 5.76 Å². The lowest BCUT2D eigenvalue weighted by Crippen LogP contribution is -2.16. The van der Waals surface area contributed by atoms with Crippen LogP contribution in [0.5, 0.6) is 17.2 Å². The Bertz CT molecular complexity index is 872. The molecule has 2 aromatic carbocycles. The molecule has 0 saturated carbocycles. The lowest BCUT2D eigenvalue weighted by molar-refractivity contribution is -0.109. The maximum absolute atomic E-state index is 11.6. The molecule has 0 fully saturated rings. The van der Waals surface area contributed by atoms with Crippen molar-refractivity contribution in [3.63, 3.8) is 0 Å². The lowest BCUT2D eigenvalue weighted by atomic mass is 9.92. The number of halogens is 1. The molecular formula is C19H17BrO5. The van der Waals surface area contributed by atoms with E-state index in [9.17, 15) is 9.90 Å². The Balaban J connectivity index is 2.18. The molecule has 0 aliphatic carbocycles. The summed E-state index contributed by atoms with van der Waals surface area (Å²) in [6.45, 7) is 1.92. The number of carbonyl (C=O) groups excluding carboxylic acids is 1. The molecule has 25 heavy (non-hydrogen) atoms. The smallest absolute Gasteiger partial charge is 0.175 e. The molecule has 0 bridgehead atoms. The fraction of sp³-hybridized carbons (Fsp3) is 0.211. The second-order valence-corrected chi connectivity index (χ2v) is 6.43. The Hall–Kier alpha value is -2.47. The molecule has 0 saturated heterocycles. The average molecular weight is 405 g/mol. The second kappa shape index (κ2) is 6.80. The van der Waals surface area contributed by atoms with Crippen molar-refractivity contribution in [1.82, 2.24) is 0 Å². The lowest BCUT2D eigenvalue weighted by Gasteiger charge is -2.26. The molecule has 1 heterocycles. The first-order valence-corrected chi connectivity index (χ1v) is 8.38. The van der Waals surface area contributed by atoms with E-state index < -0.39 is 5.92 Å². The van der Waals surface area contributed by atoms with Gasteiger partial charge in [-0.1, -0.05) is 17.7 Å². The van der Waals surface area contributed by atoms with Crippen molar-refractivity contribution in [3.05, 3.63) is 57.3 Å². The molecule has 0 aromatic heterocycles. The summed E-state index contributed by atoms with van der Waals surface area (Å²) in [6.07, 6.45) is 0.713. The minimum absolute atomic E-state index is 0.138. The molecule has 1 N–H and O–H groups in total. The number of hydrogen-bond donors (Lipinski definition) is 1. The number of rotatable bonds is 4. The highest BCUT2D eigenvalue weighted by atomic mass is 79.9. The Morgan fingerprint density at radius 3 is 2.60 bits per heavy atom. The number of benzene rings is 2. The molecule has 0 amide bonds. The van der Waals surface area contributed by atoms with Crippen LogP contribution < -0.4 is 14.2 Å². The van der Waals surface area contributed by atoms with Gasteiger partial charge in [0.25, 0.3) is 0 Å². The minimum atomic E-state index is -0.779. The van der Waals surface area contributed by atoms with Gasteiger partial charge in [0.2, 0.25) is 0 Å². The zero-order chi connectivity index (χ0) is 18.1. The molecule has 1 aliphatic heterocycles. The molecule has 6 heteroatoms. The van der Waals surface area contributed by atoms with E-state index in [0.29, 0.717) is 39.1 Å². The first-order valence-electron chi connectivity index (χ1n) is 7.59. The molecule has 1 aliphatic rings. The van der Waals surface area contributed by atoms with E-state index in [0.717, 1.165) is 5.56 Å². The van der Waals surface area contributed by atoms with Crippen molar-refractivity contribution < 1.29 is 24.1 Å². The van der Waals surface area contributed by atoms with Crippen molar-refractivity contribution in [2.24, 2.45) is 0 Å². The number of aldehydes is 1. The molecule has 1 unspecified atom stereocenters. The predicted molar refractivity (Wildman–Crippen MR) is 97.4 cm³/mol. The van der Waals surface area contributed by atoms with Crippen molar-refractivity contribution >= 4 is 28.0 Å². The predicted octanol–water partition coefficient (Wildman–Crippen LogP) is 4.38. The molecule has 1 atom stereocenters. The third kappa shape index (κ3) is 2.87. The van der Waals surface area contributed by atoms with Gasteiger partial charge in [-0.05, 0) is 41.1 Å². The van der Waals surface area contributed by atoms with Crippen LogP contribution in [-0.4, -0.2) is 25.6 Å². The number of carbonyl (C=O) groups is 1. The summed E-state index contributed by atoms with van der Waals surface area (Å²) in [6, 6.07) is 8.97. The van der Waals surface area contributed by atoms with Gasteiger partial charge in [0.15, 0.2) is 23.0 Å². The van der Waals surface area contributed by atoms with Crippen molar-refractivity contribution in [1.29, 1.82) is 0 Å². The Morgan fingerprint density at radius 1 is 1.20 bits per heavy atom. The van der Waals surface area contributed by atoms with Crippen LogP contribution in [-0.2, 0) is 4.79 Å². The Labute approximate surface area is 154 Å². The largest absolute Gasteiger partial charge is 0.507 e. The summed E-state index contributed by atoms with van der Waals surface area (Å²) in [4.78, 5) is 11.6. The molecule has 3 rings (SSSR count). The van der Waals surface area contributed by atoms with Crippen LogP contribution in [0, 0.1) is 6.92 Å². The van der Waals surface area contributed by atoms with E-state index in [4.69, 9.17) is 14.2 Å². The van der Waals surface area contributed by atoms with Crippen molar-refractivity contribution in [2.75, 3.05) is 14.2 Å². The third-order valence-electron chi connectivity index (χ3n) is 4.11. The van der Waals surface area contributed by atoms with E-state index in [1.807, 2.05) is 19.1 Å². The molecule has 2 aromatic rings. The Morgan fingerprint density at radius 2 is 1.96 bits per heavy atom. The number of ether oxygens (including phenoxy) is 3. The van der Waals surface area contributed by atoms with Gasteiger partial charge in [-0.15, -0.1) is 0 Å². The summed E-state index contributed by atoms with van der Waals surface area (Å²) < 4.78 is 17.1. The fourth-order valence-electron chi connectivity index (χ4n) is 2.85. The number of methoxy groups -OCH3 is 2. The maximum atomic E-state index is 11.6. The highest BCUT2D eigenvalue weighted by Crippen LogP contribution is 2.45. The zero-order valence-electron chi connectivity index (χ0n) is 14.0. The van der Waals surface area contributed by atoms with Crippen LogP contribution >= 0.6 is 15.9 Å². The number of fused-ring (bicyclic) bond motifs is 1. The number of hydrogen-bond acceptors (Lipinski definition) is 5. The zero-order valence-corrected chi connectivity index (χ0v) is 15.6. The van der Waals surface area contributed by atoms with E-state index in [-0.39, 0.29) is 11.5 Å². The molecule has 0 spiro atoms. The van der Waals surface area contributed by atoms with E-state index in [2.05, 4.69) is 15.9 Å². The number of aliphatic hydroxyl groups excluding tert-OH is 1. The van der Waals surface area contributed by atoms with Gasteiger partial charge in [0.1, 0.15) is 18.0 Å². The summed E-state index contributed by atoms with van der Waals surface area (Å²) >= 11 is 3.47. The van der Waals surface area contributed by atoms with Gasteiger partial charge in [-0.3, -0.25) is 0 Å². The highest BCUT2D eigenvalue weighted by Gasteiger charge is 2.32. The maximum Gasteiger partial charge on any atom is 0.175 e. The van der Waals surface area contributed by atoms with Gasteiger partial charge in [0.05, 0.1) is 18.7 Å². The minimum Gasteiger partial charge on any atom is -0.507 e. The molecule has 5 nitrogen and oxygen atoms in total. The quantitative estimate of drug-likeness (QED) is 0.766. The van der Waals surface area contributed by atoms with Crippen LogP contribution in [0.4, 0.5) is 0 Å². The fourth-order valence-corrected chi connectivity index (χ4v) is 3.52. The van der Waals surface area contributed by atoms with Crippen LogP contribution in [0.3, 0.4) is 0 Å². The SMILES string of the molecule is COc1ccc(C2=C(O)C(C=O)c3cc(C)ccc3O2)c(Br)c1OC. The second-order valence-electron chi connectivity index (χ2n) is 5.63. The van der Waals surface area contributed by atoms with E-state index in [1.54, 1.807) is 25.3 Å². The molecule has 130 valence electrons. The Kier molecular flexibility index (Phi) is 4.72. The monoisotopic (exact) mass is 404 g/mol. The number of aryl methyl sites for hydroxylation is 1. The highest BCUT2D eigenvalue weighted by molar-refractivity contribution is 9.10. The van der Waals surface area contributed by atoms with E-state index in [1.165, 1.54) is 7.11 Å². The average Bonchev–Trinajstić information content (AvgIpc) is 2.61. The number of allylic oxidation sites excluding steroid dienone is 1. The van der Waals surface area contributed by atoms with Gasteiger partial charge in [-0.2, -0.15) is 0 Å². The van der Waals surface area contributed by atoms with Crippen LogP contribution in [0.1, 0.15) is 22.6 Å². The topological polar surface area (TPSA) is 65.0 Å².